The normalized spacial score (nSPS) is 15.0. The molecule has 0 bridgehead atoms. The molecule has 1 aliphatic rings. The first kappa shape index (κ1) is 18.4. The molecule has 3 rings (SSSR count). The van der Waals surface area contributed by atoms with Gasteiger partial charge in [0.15, 0.2) is 0 Å². The van der Waals surface area contributed by atoms with Crippen LogP contribution in [0.1, 0.15) is 15.9 Å². The molecule has 0 atom stereocenters. The monoisotopic (exact) mass is 376 g/mol. The number of rotatable bonds is 6. The summed E-state index contributed by atoms with van der Waals surface area (Å²) in [4.78, 5) is 13.2. The Labute approximate surface area is 152 Å². The van der Waals surface area contributed by atoms with Crippen LogP contribution in [0, 0.1) is 0 Å². The number of benzene rings is 2. The maximum absolute atomic E-state index is 12.9. The average molecular weight is 376 g/mol. The minimum absolute atomic E-state index is 0.0322. The van der Waals surface area contributed by atoms with E-state index in [0.717, 1.165) is 5.56 Å². The van der Waals surface area contributed by atoms with Gasteiger partial charge in [-0.15, -0.1) is 0 Å². The standard InChI is InChI=1S/C18H20N2O5S/c21-18(22)15-6-7-16(20-8-10-25-11-9-20)17(12-15)26(23,24)19-13-14-4-2-1-3-5-14/h1-7,12,19H,8-11,13H2,(H,21,22). The lowest BCUT2D eigenvalue weighted by atomic mass is 10.2. The summed E-state index contributed by atoms with van der Waals surface area (Å²) in [5.41, 5.74) is 1.24. The van der Waals surface area contributed by atoms with Crippen molar-refractivity contribution < 1.29 is 23.1 Å². The van der Waals surface area contributed by atoms with Crippen LogP contribution in [0.3, 0.4) is 0 Å². The van der Waals surface area contributed by atoms with Gasteiger partial charge in [0, 0.05) is 19.6 Å². The minimum Gasteiger partial charge on any atom is -0.478 e. The van der Waals surface area contributed by atoms with E-state index in [-0.39, 0.29) is 17.0 Å². The van der Waals surface area contributed by atoms with Gasteiger partial charge >= 0.3 is 5.97 Å². The van der Waals surface area contributed by atoms with Crippen molar-refractivity contribution in [1.29, 1.82) is 0 Å². The Morgan fingerprint density at radius 2 is 1.81 bits per heavy atom. The Balaban J connectivity index is 1.93. The zero-order valence-electron chi connectivity index (χ0n) is 14.1. The third-order valence-corrected chi connectivity index (χ3v) is 5.59. The predicted molar refractivity (Wildman–Crippen MR) is 96.9 cm³/mol. The topological polar surface area (TPSA) is 95.9 Å². The molecule has 1 fully saturated rings. The molecule has 1 aliphatic heterocycles. The maximum Gasteiger partial charge on any atom is 0.335 e. The maximum atomic E-state index is 12.9. The summed E-state index contributed by atoms with van der Waals surface area (Å²) in [5.74, 6) is -1.17. The molecule has 26 heavy (non-hydrogen) atoms. The second-order valence-electron chi connectivity index (χ2n) is 5.90. The number of hydrogen-bond acceptors (Lipinski definition) is 5. The van der Waals surface area contributed by atoms with E-state index in [2.05, 4.69) is 4.72 Å². The largest absolute Gasteiger partial charge is 0.478 e. The van der Waals surface area contributed by atoms with E-state index in [1.807, 2.05) is 35.2 Å². The third kappa shape index (κ3) is 4.21. The number of nitrogens with zero attached hydrogens (tertiary/aromatic N) is 1. The van der Waals surface area contributed by atoms with Gasteiger partial charge in [-0.3, -0.25) is 0 Å². The molecule has 1 saturated heterocycles. The average Bonchev–Trinajstić information content (AvgIpc) is 2.67. The van der Waals surface area contributed by atoms with Crippen molar-refractivity contribution in [1.82, 2.24) is 4.72 Å². The number of carboxylic acid groups (broad SMARTS) is 1. The van der Waals surface area contributed by atoms with Crippen LogP contribution in [0.4, 0.5) is 5.69 Å². The molecular formula is C18H20N2O5S. The molecule has 0 amide bonds. The summed E-state index contributed by atoms with van der Waals surface area (Å²) in [6, 6.07) is 13.3. The number of morpholine rings is 1. The zero-order chi connectivity index (χ0) is 18.6. The van der Waals surface area contributed by atoms with E-state index in [0.29, 0.717) is 32.0 Å². The fourth-order valence-corrected chi connectivity index (χ4v) is 4.05. The quantitative estimate of drug-likeness (QED) is 0.797. The van der Waals surface area contributed by atoms with Gasteiger partial charge in [0.25, 0.3) is 0 Å². The number of ether oxygens (including phenoxy) is 1. The van der Waals surface area contributed by atoms with Crippen molar-refractivity contribution in [3.8, 4) is 0 Å². The number of carbonyl (C=O) groups is 1. The van der Waals surface area contributed by atoms with Crippen LogP contribution in [0.5, 0.6) is 0 Å². The Kier molecular flexibility index (Phi) is 5.55. The van der Waals surface area contributed by atoms with Gasteiger partial charge in [-0.1, -0.05) is 30.3 Å². The van der Waals surface area contributed by atoms with E-state index in [9.17, 15) is 18.3 Å². The molecule has 0 radical (unpaired) electrons. The van der Waals surface area contributed by atoms with Gasteiger partial charge in [-0.05, 0) is 23.8 Å². The van der Waals surface area contributed by atoms with Gasteiger partial charge in [0.05, 0.1) is 24.5 Å². The molecule has 2 aromatic rings. The summed E-state index contributed by atoms with van der Waals surface area (Å²) in [7, 11) is -3.89. The van der Waals surface area contributed by atoms with Crippen LogP contribution in [-0.4, -0.2) is 45.8 Å². The lowest BCUT2D eigenvalue weighted by Gasteiger charge is -2.30. The molecule has 2 aromatic carbocycles. The highest BCUT2D eigenvalue weighted by Crippen LogP contribution is 2.27. The van der Waals surface area contributed by atoms with Crippen LogP contribution in [0.15, 0.2) is 53.4 Å². The van der Waals surface area contributed by atoms with E-state index < -0.39 is 16.0 Å². The summed E-state index contributed by atoms with van der Waals surface area (Å²) in [6.45, 7) is 2.22. The number of carboxylic acids is 1. The smallest absolute Gasteiger partial charge is 0.335 e. The zero-order valence-corrected chi connectivity index (χ0v) is 14.9. The van der Waals surface area contributed by atoms with E-state index in [1.54, 1.807) is 6.07 Å². The number of nitrogens with one attached hydrogen (secondary N) is 1. The first-order chi connectivity index (χ1) is 12.5. The number of anilines is 1. The molecule has 7 nitrogen and oxygen atoms in total. The molecule has 0 aromatic heterocycles. The highest BCUT2D eigenvalue weighted by atomic mass is 32.2. The van der Waals surface area contributed by atoms with E-state index in [4.69, 9.17) is 4.74 Å². The highest BCUT2D eigenvalue weighted by Gasteiger charge is 2.24. The second-order valence-corrected chi connectivity index (χ2v) is 7.63. The Hall–Kier alpha value is -2.42. The van der Waals surface area contributed by atoms with Crippen molar-refractivity contribution in [3.63, 3.8) is 0 Å². The van der Waals surface area contributed by atoms with Crippen molar-refractivity contribution in [3.05, 3.63) is 59.7 Å². The lowest BCUT2D eigenvalue weighted by Crippen LogP contribution is -2.37. The van der Waals surface area contributed by atoms with Crippen molar-refractivity contribution in [2.75, 3.05) is 31.2 Å². The summed E-state index contributed by atoms with van der Waals surface area (Å²) >= 11 is 0. The number of hydrogen-bond donors (Lipinski definition) is 2. The van der Waals surface area contributed by atoms with Crippen molar-refractivity contribution >= 4 is 21.7 Å². The van der Waals surface area contributed by atoms with Crippen LogP contribution >= 0.6 is 0 Å². The minimum atomic E-state index is -3.89. The van der Waals surface area contributed by atoms with Gasteiger partial charge in [0.2, 0.25) is 10.0 Å². The summed E-state index contributed by atoms with van der Waals surface area (Å²) in [5, 5.41) is 9.24. The Bertz CT molecular complexity index is 878. The molecule has 0 unspecified atom stereocenters. The van der Waals surface area contributed by atoms with Crippen LogP contribution in [-0.2, 0) is 21.3 Å². The SMILES string of the molecule is O=C(O)c1ccc(N2CCOCC2)c(S(=O)(=O)NCc2ccccc2)c1. The number of sulfonamides is 1. The highest BCUT2D eigenvalue weighted by molar-refractivity contribution is 7.89. The van der Waals surface area contributed by atoms with Crippen LogP contribution in [0.25, 0.3) is 0 Å². The second kappa shape index (κ2) is 7.86. The Morgan fingerprint density at radius 3 is 2.46 bits per heavy atom. The van der Waals surface area contributed by atoms with Gasteiger partial charge in [0.1, 0.15) is 4.90 Å². The molecule has 1 heterocycles. The summed E-state index contributed by atoms with van der Waals surface area (Å²) < 4.78 is 33.6. The van der Waals surface area contributed by atoms with Gasteiger partial charge < -0.3 is 14.7 Å². The number of aromatic carboxylic acids is 1. The van der Waals surface area contributed by atoms with Crippen LogP contribution < -0.4 is 9.62 Å². The molecule has 0 saturated carbocycles. The predicted octanol–water partition coefficient (Wildman–Crippen LogP) is 1.70. The third-order valence-electron chi connectivity index (χ3n) is 4.16. The molecule has 2 N–H and O–H groups in total. The first-order valence-corrected chi connectivity index (χ1v) is 9.69. The summed E-state index contributed by atoms with van der Waals surface area (Å²) in [6.07, 6.45) is 0. The van der Waals surface area contributed by atoms with Crippen molar-refractivity contribution in [2.24, 2.45) is 0 Å². The van der Waals surface area contributed by atoms with Crippen molar-refractivity contribution in [2.45, 2.75) is 11.4 Å². The molecule has 138 valence electrons. The van der Waals surface area contributed by atoms with Gasteiger partial charge in [-0.2, -0.15) is 0 Å². The first-order valence-electron chi connectivity index (χ1n) is 8.21. The fraction of sp³-hybridized carbons (Fsp3) is 0.278. The van der Waals surface area contributed by atoms with Gasteiger partial charge in [-0.25, -0.2) is 17.9 Å². The lowest BCUT2D eigenvalue weighted by molar-refractivity contribution is 0.0696. The van der Waals surface area contributed by atoms with E-state index >= 15 is 0 Å². The Morgan fingerprint density at radius 1 is 1.12 bits per heavy atom. The van der Waals surface area contributed by atoms with E-state index in [1.165, 1.54) is 12.1 Å². The molecular weight excluding hydrogens is 356 g/mol. The fourth-order valence-electron chi connectivity index (χ4n) is 2.78. The molecule has 0 spiro atoms. The molecule has 8 heteroatoms. The molecule has 0 aliphatic carbocycles. The van der Waals surface area contributed by atoms with Crippen LogP contribution in [0.2, 0.25) is 0 Å².